The number of amides is 2. The number of carbonyl (C=O) groups excluding carboxylic acids is 2. The van der Waals surface area contributed by atoms with Crippen molar-refractivity contribution >= 4 is 28.8 Å². The van der Waals surface area contributed by atoms with Crippen LogP contribution in [0.5, 0.6) is 0 Å². The number of anilines is 2. The van der Waals surface area contributed by atoms with E-state index in [9.17, 15) is 9.59 Å². The summed E-state index contributed by atoms with van der Waals surface area (Å²) in [5.41, 5.74) is 2.36. The minimum atomic E-state index is -0.491. The highest BCUT2D eigenvalue weighted by atomic mass is 16.2. The van der Waals surface area contributed by atoms with Crippen molar-refractivity contribution in [3.63, 3.8) is 0 Å². The van der Waals surface area contributed by atoms with Gasteiger partial charge in [-0.05, 0) is 43.3 Å². The first-order chi connectivity index (χ1) is 13.6. The van der Waals surface area contributed by atoms with Gasteiger partial charge < -0.3 is 10.6 Å². The molecule has 2 amide bonds. The van der Waals surface area contributed by atoms with E-state index in [1.807, 2.05) is 0 Å². The van der Waals surface area contributed by atoms with Crippen LogP contribution in [0.3, 0.4) is 0 Å². The van der Waals surface area contributed by atoms with Gasteiger partial charge in [-0.1, -0.05) is 0 Å². The van der Waals surface area contributed by atoms with Crippen LogP contribution in [0.1, 0.15) is 23.3 Å². The van der Waals surface area contributed by atoms with Crippen LogP contribution in [-0.2, 0) is 4.79 Å². The second kappa shape index (κ2) is 7.27. The number of rotatable bonds is 5. The second-order valence-electron chi connectivity index (χ2n) is 6.09. The molecule has 2 N–H and O–H groups in total. The molecule has 0 radical (unpaired) electrons. The average Bonchev–Trinajstić information content (AvgIpc) is 3.40. The molecule has 0 aliphatic carbocycles. The standard InChI is InChI=1S/C18H16N8O2/c1-12(26-10-19-9-21-26)17(27)22-14-3-5-15(6-4-14)23-18(28)13-2-7-16-24-20-11-25(16)8-13/h2-12H,1H3,(H,22,27)(H,23,28). The van der Waals surface area contributed by atoms with Crippen LogP contribution in [0.4, 0.5) is 11.4 Å². The van der Waals surface area contributed by atoms with Crippen LogP contribution < -0.4 is 10.6 Å². The molecule has 1 unspecified atom stereocenters. The van der Waals surface area contributed by atoms with Crippen molar-refractivity contribution in [3.05, 3.63) is 67.1 Å². The van der Waals surface area contributed by atoms with Gasteiger partial charge in [-0.3, -0.25) is 14.0 Å². The van der Waals surface area contributed by atoms with E-state index in [2.05, 4.69) is 30.9 Å². The van der Waals surface area contributed by atoms with Crippen molar-refractivity contribution in [1.82, 2.24) is 29.4 Å². The lowest BCUT2D eigenvalue weighted by molar-refractivity contribution is -0.119. The van der Waals surface area contributed by atoms with Crippen molar-refractivity contribution in [2.75, 3.05) is 10.6 Å². The van der Waals surface area contributed by atoms with Gasteiger partial charge in [0.15, 0.2) is 5.65 Å². The maximum absolute atomic E-state index is 12.4. The number of nitrogens with zero attached hydrogens (tertiary/aromatic N) is 6. The summed E-state index contributed by atoms with van der Waals surface area (Å²) in [7, 11) is 0. The third-order valence-electron chi connectivity index (χ3n) is 4.18. The molecular weight excluding hydrogens is 360 g/mol. The zero-order valence-corrected chi connectivity index (χ0v) is 14.9. The van der Waals surface area contributed by atoms with E-state index in [0.717, 1.165) is 0 Å². The molecule has 140 valence electrons. The Morgan fingerprint density at radius 3 is 2.46 bits per heavy atom. The molecule has 0 saturated carbocycles. The predicted molar refractivity (Wildman–Crippen MR) is 101 cm³/mol. The summed E-state index contributed by atoms with van der Waals surface area (Å²) in [5.74, 6) is -0.475. The van der Waals surface area contributed by atoms with Crippen LogP contribution in [0.25, 0.3) is 5.65 Å². The maximum atomic E-state index is 12.4. The van der Waals surface area contributed by atoms with Gasteiger partial charge in [-0.25, -0.2) is 9.67 Å². The summed E-state index contributed by atoms with van der Waals surface area (Å²) in [6, 6.07) is 9.76. The fourth-order valence-electron chi connectivity index (χ4n) is 2.59. The highest BCUT2D eigenvalue weighted by Crippen LogP contribution is 2.16. The molecule has 10 heteroatoms. The Morgan fingerprint density at radius 2 is 1.75 bits per heavy atom. The smallest absolute Gasteiger partial charge is 0.257 e. The van der Waals surface area contributed by atoms with Gasteiger partial charge in [0.25, 0.3) is 5.91 Å². The molecule has 1 aromatic carbocycles. The van der Waals surface area contributed by atoms with Gasteiger partial charge in [0.05, 0.1) is 5.56 Å². The third kappa shape index (κ3) is 3.56. The predicted octanol–water partition coefficient (Wildman–Crippen LogP) is 1.77. The SMILES string of the molecule is CC(C(=O)Nc1ccc(NC(=O)c2ccc3nncn3c2)cc1)n1cncn1. The Balaban J connectivity index is 1.40. The highest BCUT2D eigenvalue weighted by Gasteiger charge is 2.15. The lowest BCUT2D eigenvalue weighted by atomic mass is 10.2. The van der Waals surface area contributed by atoms with Crippen molar-refractivity contribution in [2.45, 2.75) is 13.0 Å². The number of hydrogen-bond acceptors (Lipinski definition) is 6. The summed E-state index contributed by atoms with van der Waals surface area (Å²) in [5, 5.41) is 17.3. The van der Waals surface area contributed by atoms with Crippen LogP contribution in [0.15, 0.2) is 61.6 Å². The number of fused-ring (bicyclic) bond motifs is 1. The van der Waals surface area contributed by atoms with E-state index in [-0.39, 0.29) is 11.8 Å². The first-order valence-electron chi connectivity index (χ1n) is 8.46. The normalized spacial score (nSPS) is 11.9. The molecule has 0 saturated heterocycles. The number of nitrogens with one attached hydrogen (secondary N) is 2. The summed E-state index contributed by atoms with van der Waals surface area (Å²) in [6.07, 6.45) is 6.05. The molecular formula is C18H16N8O2. The molecule has 1 atom stereocenters. The molecule has 0 aliphatic rings. The zero-order chi connectivity index (χ0) is 19.5. The largest absolute Gasteiger partial charge is 0.324 e. The first-order valence-corrected chi connectivity index (χ1v) is 8.46. The molecule has 0 aliphatic heterocycles. The monoisotopic (exact) mass is 376 g/mol. The summed E-state index contributed by atoms with van der Waals surface area (Å²) >= 11 is 0. The van der Waals surface area contributed by atoms with E-state index in [0.29, 0.717) is 22.6 Å². The van der Waals surface area contributed by atoms with Crippen LogP contribution in [-0.4, -0.2) is 41.2 Å². The van der Waals surface area contributed by atoms with Gasteiger partial charge in [-0.2, -0.15) is 5.10 Å². The van der Waals surface area contributed by atoms with Gasteiger partial charge >= 0.3 is 0 Å². The number of aromatic nitrogens is 6. The number of benzene rings is 1. The quantitative estimate of drug-likeness (QED) is 0.548. The number of pyridine rings is 1. The zero-order valence-electron chi connectivity index (χ0n) is 14.9. The van der Waals surface area contributed by atoms with E-state index in [1.54, 1.807) is 53.9 Å². The first kappa shape index (κ1) is 17.3. The van der Waals surface area contributed by atoms with Crippen LogP contribution in [0, 0.1) is 0 Å². The molecule has 28 heavy (non-hydrogen) atoms. The molecule has 0 fully saturated rings. The molecule has 4 rings (SSSR count). The van der Waals surface area contributed by atoms with Crippen molar-refractivity contribution in [1.29, 1.82) is 0 Å². The molecule has 3 aromatic heterocycles. The van der Waals surface area contributed by atoms with E-state index >= 15 is 0 Å². The number of hydrogen-bond donors (Lipinski definition) is 2. The highest BCUT2D eigenvalue weighted by molar-refractivity contribution is 6.04. The van der Waals surface area contributed by atoms with Crippen molar-refractivity contribution in [3.8, 4) is 0 Å². The lowest BCUT2D eigenvalue weighted by Gasteiger charge is -2.12. The molecule has 10 nitrogen and oxygen atoms in total. The summed E-state index contributed by atoms with van der Waals surface area (Å²) in [4.78, 5) is 28.5. The molecule has 0 spiro atoms. The fraction of sp³-hybridized carbons (Fsp3) is 0.111. The minimum absolute atomic E-state index is 0.218. The Labute approximate surface area is 159 Å². The third-order valence-corrected chi connectivity index (χ3v) is 4.18. The Kier molecular flexibility index (Phi) is 4.50. The summed E-state index contributed by atoms with van der Waals surface area (Å²) in [6.45, 7) is 1.73. The Morgan fingerprint density at radius 1 is 1.00 bits per heavy atom. The Bertz CT molecular complexity index is 1120. The number of carbonyl (C=O) groups is 2. The van der Waals surface area contributed by atoms with E-state index in [4.69, 9.17) is 0 Å². The minimum Gasteiger partial charge on any atom is -0.324 e. The van der Waals surface area contributed by atoms with Gasteiger partial charge in [-0.15, -0.1) is 10.2 Å². The summed E-state index contributed by atoms with van der Waals surface area (Å²) < 4.78 is 3.14. The van der Waals surface area contributed by atoms with Crippen molar-refractivity contribution in [2.24, 2.45) is 0 Å². The van der Waals surface area contributed by atoms with Gasteiger partial charge in [0.2, 0.25) is 5.91 Å². The lowest BCUT2D eigenvalue weighted by Crippen LogP contribution is -2.24. The van der Waals surface area contributed by atoms with E-state index < -0.39 is 6.04 Å². The van der Waals surface area contributed by atoms with Gasteiger partial charge in [0.1, 0.15) is 25.0 Å². The average molecular weight is 376 g/mol. The van der Waals surface area contributed by atoms with Crippen LogP contribution >= 0.6 is 0 Å². The van der Waals surface area contributed by atoms with Crippen LogP contribution in [0.2, 0.25) is 0 Å². The molecule has 3 heterocycles. The molecule has 0 bridgehead atoms. The maximum Gasteiger partial charge on any atom is 0.257 e. The molecule has 4 aromatic rings. The Hall–Kier alpha value is -4.08. The van der Waals surface area contributed by atoms with Crippen molar-refractivity contribution < 1.29 is 9.59 Å². The topological polar surface area (TPSA) is 119 Å². The van der Waals surface area contributed by atoms with E-state index in [1.165, 1.54) is 23.7 Å². The fourth-order valence-corrected chi connectivity index (χ4v) is 2.59. The second-order valence-corrected chi connectivity index (χ2v) is 6.09. The van der Waals surface area contributed by atoms with Gasteiger partial charge in [0, 0.05) is 17.6 Å².